The van der Waals surface area contributed by atoms with Gasteiger partial charge in [0, 0.05) is 13.8 Å². The fraction of sp³-hybridized carbons (Fsp3) is 0.500. The summed E-state index contributed by atoms with van der Waals surface area (Å²) < 4.78 is 1.08. The Bertz CT molecular complexity index is 108. The third-order valence-electron chi connectivity index (χ3n) is 1.02. The summed E-state index contributed by atoms with van der Waals surface area (Å²) in [6, 6.07) is 0. The van der Waals surface area contributed by atoms with Gasteiger partial charge in [0.15, 0.2) is 6.21 Å². The van der Waals surface area contributed by atoms with E-state index < -0.39 is 0 Å². The van der Waals surface area contributed by atoms with Gasteiger partial charge in [-0.25, -0.2) is 0 Å². The zero-order valence-electron chi connectivity index (χ0n) is 5.55. The first-order valence-corrected chi connectivity index (χ1v) is 2.63. The van der Waals surface area contributed by atoms with Crippen LogP contribution in [0.15, 0.2) is 11.8 Å². The first kappa shape index (κ1) is 7.21. The number of nitrogens with zero attached hydrogens (tertiary/aromatic N) is 1. The lowest BCUT2D eigenvalue weighted by Gasteiger charge is -1.84. The zero-order valence-corrected chi connectivity index (χ0v) is 5.55. The Balaban J connectivity index is 4.04. The molecule has 0 heterocycles. The van der Waals surface area contributed by atoms with Crippen molar-refractivity contribution < 1.29 is 9.95 Å². The molecule has 0 atom stereocenters. The van der Waals surface area contributed by atoms with Crippen LogP contribution in [0, 0.1) is 0 Å². The van der Waals surface area contributed by atoms with Crippen LogP contribution in [0.3, 0.4) is 0 Å². The number of hydroxylamine groups is 1. The van der Waals surface area contributed by atoms with E-state index >= 15 is 0 Å². The summed E-state index contributed by atoms with van der Waals surface area (Å²) in [7, 11) is 0. The van der Waals surface area contributed by atoms with Crippen molar-refractivity contribution in [3.05, 3.63) is 11.8 Å². The highest BCUT2D eigenvalue weighted by Gasteiger charge is 1.97. The Morgan fingerprint density at radius 1 is 1.50 bits per heavy atom. The maximum Gasteiger partial charge on any atom is 0.226 e. The van der Waals surface area contributed by atoms with Gasteiger partial charge in [-0.15, -0.1) is 0 Å². The predicted molar refractivity (Wildman–Crippen MR) is 33.2 cm³/mol. The summed E-state index contributed by atoms with van der Waals surface area (Å²) in [6.07, 6.45) is 3.43. The number of hydrogen-bond acceptors (Lipinski definition) is 1. The Hall–Kier alpha value is -0.790. The molecule has 2 nitrogen and oxygen atoms in total. The minimum atomic E-state index is 0.840. The zero-order chi connectivity index (χ0) is 6.57. The molecule has 0 aromatic rings. The normalized spacial score (nSPS) is 14.4. The van der Waals surface area contributed by atoms with E-state index in [4.69, 9.17) is 5.21 Å². The second-order valence-corrected chi connectivity index (χ2v) is 1.53. The van der Waals surface area contributed by atoms with Crippen molar-refractivity contribution >= 4 is 6.21 Å². The van der Waals surface area contributed by atoms with Crippen molar-refractivity contribution in [1.82, 2.24) is 0 Å². The van der Waals surface area contributed by atoms with E-state index in [2.05, 4.69) is 0 Å². The average molecular weight is 114 g/mol. The fourth-order valence-electron chi connectivity index (χ4n) is 0.336. The molecule has 0 aliphatic heterocycles. The number of allylic oxidation sites excluding steroid dienone is 2. The summed E-state index contributed by atoms with van der Waals surface area (Å²) >= 11 is 0. The van der Waals surface area contributed by atoms with E-state index in [-0.39, 0.29) is 0 Å². The van der Waals surface area contributed by atoms with E-state index in [1.165, 1.54) is 0 Å². The topological polar surface area (TPSA) is 23.2 Å². The molecule has 0 aromatic heterocycles. The highest BCUT2D eigenvalue weighted by molar-refractivity contribution is 5.46. The Morgan fingerprint density at radius 2 is 2.00 bits per heavy atom. The van der Waals surface area contributed by atoms with Crippen molar-refractivity contribution in [3.8, 4) is 0 Å². The van der Waals surface area contributed by atoms with E-state index in [1.54, 1.807) is 13.1 Å². The molecule has 8 heavy (non-hydrogen) atoms. The summed E-state index contributed by atoms with van der Waals surface area (Å²) in [6.45, 7) is 5.48. The van der Waals surface area contributed by atoms with Crippen LogP contribution in [-0.2, 0) is 0 Å². The maximum absolute atomic E-state index is 8.84. The molecule has 0 unspecified atom stereocenters. The molecule has 0 aliphatic rings. The molecular formula is C6H12NO+. The number of rotatable bonds is 1. The second-order valence-electron chi connectivity index (χ2n) is 1.53. The van der Waals surface area contributed by atoms with Crippen LogP contribution in [0.1, 0.15) is 20.8 Å². The first-order valence-electron chi connectivity index (χ1n) is 2.63. The van der Waals surface area contributed by atoms with Gasteiger partial charge in [-0.3, -0.25) is 5.21 Å². The molecule has 46 valence electrons. The monoisotopic (exact) mass is 114 g/mol. The van der Waals surface area contributed by atoms with Gasteiger partial charge >= 0.3 is 0 Å². The highest BCUT2D eigenvalue weighted by atomic mass is 16.5. The molecule has 0 saturated carbocycles. The van der Waals surface area contributed by atoms with Crippen LogP contribution < -0.4 is 0 Å². The minimum Gasteiger partial charge on any atom is -0.285 e. The number of hydrogen-bond donors (Lipinski definition) is 1. The first-order chi connectivity index (χ1) is 3.72. The van der Waals surface area contributed by atoms with Crippen LogP contribution in [0.25, 0.3) is 0 Å². The molecule has 0 fully saturated rings. The van der Waals surface area contributed by atoms with Gasteiger partial charge in [-0.1, -0.05) is 0 Å². The fourth-order valence-corrected chi connectivity index (χ4v) is 0.336. The summed E-state index contributed by atoms with van der Waals surface area (Å²) in [5.74, 6) is 0. The van der Waals surface area contributed by atoms with Gasteiger partial charge in [0.05, 0.1) is 0 Å². The third kappa shape index (κ3) is 1.78. The lowest BCUT2D eigenvalue weighted by atomic mass is 10.5. The lowest BCUT2D eigenvalue weighted by Crippen LogP contribution is -2.02. The molecule has 2 heteroatoms. The molecular weight excluding hydrogens is 102 g/mol. The molecule has 0 rings (SSSR count). The van der Waals surface area contributed by atoms with Crippen LogP contribution in [0.5, 0.6) is 0 Å². The SMILES string of the molecule is C/C=C(C)\[N+](O)=C/C. The Morgan fingerprint density at radius 3 is 2.12 bits per heavy atom. The van der Waals surface area contributed by atoms with Crippen molar-refractivity contribution in [2.45, 2.75) is 20.8 Å². The third-order valence-corrected chi connectivity index (χ3v) is 1.02. The predicted octanol–water partition coefficient (Wildman–Crippen LogP) is 1.40. The van der Waals surface area contributed by atoms with Gasteiger partial charge in [-0.2, -0.15) is 0 Å². The van der Waals surface area contributed by atoms with E-state index in [9.17, 15) is 0 Å². The van der Waals surface area contributed by atoms with Gasteiger partial charge in [-0.05, 0) is 17.7 Å². The maximum atomic E-state index is 8.84. The largest absolute Gasteiger partial charge is 0.285 e. The molecule has 0 amide bonds. The van der Waals surface area contributed by atoms with Crippen LogP contribution in [0.4, 0.5) is 0 Å². The average Bonchev–Trinajstić information content (AvgIpc) is 1.84. The molecule has 0 spiro atoms. The minimum absolute atomic E-state index is 0.840. The summed E-state index contributed by atoms with van der Waals surface area (Å²) in [5, 5.41) is 8.84. The van der Waals surface area contributed by atoms with E-state index in [0.717, 1.165) is 10.4 Å². The molecule has 0 radical (unpaired) electrons. The smallest absolute Gasteiger partial charge is 0.226 e. The van der Waals surface area contributed by atoms with Gasteiger partial charge in [0.2, 0.25) is 5.70 Å². The van der Waals surface area contributed by atoms with Crippen molar-refractivity contribution in [3.63, 3.8) is 0 Å². The molecule has 0 aliphatic carbocycles. The Kier molecular flexibility index (Phi) is 2.92. The van der Waals surface area contributed by atoms with Crippen LogP contribution in [0.2, 0.25) is 0 Å². The molecule has 0 saturated heterocycles. The molecule has 0 aromatic carbocycles. The highest BCUT2D eigenvalue weighted by Crippen LogP contribution is 1.88. The quantitative estimate of drug-likeness (QED) is 0.237. The van der Waals surface area contributed by atoms with Crippen molar-refractivity contribution in [1.29, 1.82) is 0 Å². The van der Waals surface area contributed by atoms with E-state index in [1.807, 2.05) is 19.9 Å². The van der Waals surface area contributed by atoms with Crippen molar-refractivity contribution in [2.75, 3.05) is 0 Å². The van der Waals surface area contributed by atoms with E-state index in [0.29, 0.717) is 0 Å². The van der Waals surface area contributed by atoms with Gasteiger partial charge in [0.1, 0.15) is 0 Å². The standard InChI is InChI=1S/C6H12NO/c1-4-6(3)7(8)5-2/h4-5,8H,1-3H3/q+1/b6-4-,7-5+. The van der Waals surface area contributed by atoms with Gasteiger partial charge < -0.3 is 0 Å². The molecule has 0 bridgehead atoms. The second kappa shape index (κ2) is 3.24. The van der Waals surface area contributed by atoms with Gasteiger partial charge in [0.25, 0.3) is 0 Å². The van der Waals surface area contributed by atoms with Crippen molar-refractivity contribution in [2.24, 2.45) is 0 Å². The molecule has 1 N–H and O–H groups in total. The Labute approximate surface area is 49.7 Å². The van der Waals surface area contributed by atoms with Crippen LogP contribution >= 0.6 is 0 Å². The summed E-state index contributed by atoms with van der Waals surface area (Å²) in [5.41, 5.74) is 0.840. The lowest BCUT2D eigenvalue weighted by molar-refractivity contribution is -0.735. The summed E-state index contributed by atoms with van der Waals surface area (Å²) in [4.78, 5) is 0. The van der Waals surface area contributed by atoms with Crippen LogP contribution in [-0.4, -0.2) is 16.2 Å².